The van der Waals surface area contributed by atoms with Gasteiger partial charge in [-0.2, -0.15) is 0 Å². The summed E-state index contributed by atoms with van der Waals surface area (Å²) in [5.41, 5.74) is 0. The van der Waals surface area contributed by atoms with E-state index in [0.717, 1.165) is 0 Å². The third-order valence-corrected chi connectivity index (χ3v) is 17.5. The molecule has 0 aromatic heterocycles. The molecule has 1 aliphatic heterocycles. The first-order valence-electron chi connectivity index (χ1n) is 5.89. The topological polar surface area (TPSA) is 36.9 Å². The summed E-state index contributed by atoms with van der Waals surface area (Å²) >= 11 is 0. The SMILES string of the molecule is C[Si]1(C)OCCOCCOCCO[Si]1(C)C. The molecule has 96 valence electrons. The van der Waals surface area contributed by atoms with Crippen molar-refractivity contribution in [3.8, 4) is 0 Å². The largest absolute Gasteiger partial charge is 0.415 e. The van der Waals surface area contributed by atoms with Gasteiger partial charge in [-0.1, -0.05) is 0 Å². The van der Waals surface area contributed by atoms with Gasteiger partial charge in [-0.25, -0.2) is 0 Å². The molecule has 0 atom stereocenters. The van der Waals surface area contributed by atoms with E-state index in [0.29, 0.717) is 39.6 Å². The highest BCUT2D eigenvalue weighted by Gasteiger charge is 2.45. The minimum absolute atomic E-state index is 0.645. The van der Waals surface area contributed by atoms with E-state index in [-0.39, 0.29) is 0 Å². The zero-order valence-electron chi connectivity index (χ0n) is 10.9. The standard InChI is InChI=1S/C10H24O4Si2/c1-15(2)13-9-7-11-5-6-12-8-10-14-16(15,3)4/h5-10H2,1-4H3. The van der Waals surface area contributed by atoms with Crippen LogP contribution in [0.4, 0.5) is 0 Å². The summed E-state index contributed by atoms with van der Waals surface area (Å²) in [5.74, 6) is 0. The molecule has 0 bridgehead atoms. The molecule has 0 spiro atoms. The first-order valence-corrected chi connectivity index (χ1v) is 12.7. The molecule has 0 saturated carbocycles. The Hall–Kier alpha value is 0.274. The van der Waals surface area contributed by atoms with E-state index in [9.17, 15) is 0 Å². The lowest BCUT2D eigenvalue weighted by atomic mass is 10.7. The molecule has 1 saturated heterocycles. The van der Waals surface area contributed by atoms with E-state index in [1.54, 1.807) is 0 Å². The molecule has 4 nitrogen and oxygen atoms in total. The van der Waals surface area contributed by atoms with Crippen molar-refractivity contribution in [3.63, 3.8) is 0 Å². The van der Waals surface area contributed by atoms with Crippen LogP contribution >= 0.6 is 0 Å². The quantitative estimate of drug-likeness (QED) is 0.622. The molecule has 0 radical (unpaired) electrons. The molecular formula is C10H24O4Si2. The Bertz CT molecular complexity index is 187. The summed E-state index contributed by atoms with van der Waals surface area (Å²) in [7, 11) is -3.43. The van der Waals surface area contributed by atoms with Crippen molar-refractivity contribution in [1.82, 2.24) is 0 Å². The van der Waals surface area contributed by atoms with Crippen LogP contribution in [0, 0.1) is 0 Å². The van der Waals surface area contributed by atoms with Crippen molar-refractivity contribution in [3.05, 3.63) is 0 Å². The maximum Gasteiger partial charge on any atom is 0.205 e. The Morgan fingerprint density at radius 3 is 1.25 bits per heavy atom. The molecule has 1 aliphatic rings. The summed E-state index contributed by atoms with van der Waals surface area (Å²) in [5, 5.41) is 0. The lowest BCUT2D eigenvalue weighted by Crippen LogP contribution is -2.59. The zero-order chi connectivity index (χ0) is 12.1. The molecule has 16 heavy (non-hydrogen) atoms. The number of hydrogen-bond donors (Lipinski definition) is 0. The summed E-state index contributed by atoms with van der Waals surface area (Å²) in [6, 6.07) is 0. The molecule has 0 N–H and O–H groups in total. The first-order chi connectivity index (χ1) is 7.46. The average Bonchev–Trinajstić information content (AvgIpc) is 2.19. The summed E-state index contributed by atoms with van der Waals surface area (Å²) in [6.45, 7) is 12.9. The highest BCUT2D eigenvalue weighted by atomic mass is 29.3. The maximum atomic E-state index is 6.03. The van der Waals surface area contributed by atoms with E-state index < -0.39 is 15.7 Å². The van der Waals surface area contributed by atoms with Crippen LogP contribution in [0.5, 0.6) is 0 Å². The smallest absolute Gasteiger partial charge is 0.205 e. The van der Waals surface area contributed by atoms with Gasteiger partial charge in [0.2, 0.25) is 15.7 Å². The van der Waals surface area contributed by atoms with Gasteiger partial charge in [0.1, 0.15) is 0 Å². The molecular weight excluding hydrogens is 240 g/mol. The van der Waals surface area contributed by atoms with Gasteiger partial charge in [-0.15, -0.1) is 0 Å². The van der Waals surface area contributed by atoms with E-state index >= 15 is 0 Å². The van der Waals surface area contributed by atoms with Gasteiger partial charge in [0.25, 0.3) is 0 Å². The maximum absolute atomic E-state index is 6.03. The van der Waals surface area contributed by atoms with Gasteiger partial charge in [0, 0.05) is 0 Å². The van der Waals surface area contributed by atoms with Crippen LogP contribution in [0.2, 0.25) is 26.2 Å². The fourth-order valence-electron chi connectivity index (χ4n) is 1.38. The van der Waals surface area contributed by atoms with E-state index in [2.05, 4.69) is 26.2 Å². The van der Waals surface area contributed by atoms with Crippen LogP contribution in [0.25, 0.3) is 0 Å². The molecule has 1 fully saturated rings. The Morgan fingerprint density at radius 1 is 0.562 bits per heavy atom. The molecule has 0 aromatic rings. The summed E-state index contributed by atoms with van der Waals surface area (Å²) < 4.78 is 22.9. The predicted octanol–water partition coefficient (Wildman–Crippen LogP) is 1.55. The summed E-state index contributed by atoms with van der Waals surface area (Å²) in [4.78, 5) is 0. The van der Waals surface area contributed by atoms with Crippen molar-refractivity contribution in [2.75, 3.05) is 39.6 Å². The minimum Gasteiger partial charge on any atom is -0.415 e. The fourth-order valence-corrected chi connectivity index (χ4v) is 5.96. The molecule has 0 aliphatic carbocycles. The zero-order valence-corrected chi connectivity index (χ0v) is 12.9. The molecule has 1 rings (SSSR count). The predicted molar refractivity (Wildman–Crippen MR) is 68.5 cm³/mol. The van der Waals surface area contributed by atoms with Gasteiger partial charge >= 0.3 is 0 Å². The summed E-state index contributed by atoms with van der Waals surface area (Å²) in [6.07, 6.45) is 0. The normalized spacial score (nSPS) is 27.8. The lowest BCUT2D eigenvalue weighted by Gasteiger charge is -2.37. The first kappa shape index (κ1) is 14.3. The van der Waals surface area contributed by atoms with Crippen LogP contribution in [-0.2, 0) is 18.3 Å². The average molecular weight is 264 g/mol. The Balaban J connectivity index is 2.54. The van der Waals surface area contributed by atoms with Crippen molar-refractivity contribution in [2.45, 2.75) is 26.2 Å². The second-order valence-electron chi connectivity index (χ2n) is 4.94. The highest BCUT2D eigenvalue weighted by Crippen LogP contribution is 2.21. The van der Waals surface area contributed by atoms with Crippen LogP contribution in [0.1, 0.15) is 0 Å². The molecule has 0 amide bonds. The monoisotopic (exact) mass is 264 g/mol. The molecule has 1 heterocycles. The van der Waals surface area contributed by atoms with Gasteiger partial charge in [0.15, 0.2) is 0 Å². The van der Waals surface area contributed by atoms with E-state index in [1.165, 1.54) is 0 Å². The van der Waals surface area contributed by atoms with E-state index in [4.69, 9.17) is 18.3 Å². The second kappa shape index (κ2) is 6.27. The van der Waals surface area contributed by atoms with Crippen molar-refractivity contribution >= 4 is 15.7 Å². The number of hydrogen-bond acceptors (Lipinski definition) is 4. The molecule has 0 unspecified atom stereocenters. The number of ether oxygens (including phenoxy) is 2. The van der Waals surface area contributed by atoms with Crippen molar-refractivity contribution < 1.29 is 18.3 Å². The van der Waals surface area contributed by atoms with Crippen LogP contribution in [-0.4, -0.2) is 55.3 Å². The lowest BCUT2D eigenvalue weighted by molar-refractivity contribution is 0.0231. The van der Waals surface area contributed by atoms with Gasteiger partial charge in [-0.05, 0) is 26.2 Å². The second-order valence-corrected chi connectivity index (χ2v) is 18.8. The van der Waals surface area contributed by atoms with Crippen molar-refractivity contribution in [1.29, 1.82) is 0 Å². The van der Waals surface area contributed by atoms with Gasteiger partial charge < -0.3 is 18.3 Å². The third kappa shape index (κ3) is 4.27. The van der Waals surface area contributed by atoms with Gasteiger partial charge in [0.05, 0.1) is 39.6 Å². The van der Waals surface area contributed by atoms with Crippen molar-refractivity contribution in [2.24, 2.45) is 0 Å². The minimum atomic E-state index is -1.71. The van der Waals surface area contributed by atoms with Crippen LogP contribution < -0.4 is 0 Å². The van der Waals surface area contributed by atoms with Gasteiger partial charge in [-0.3, -0.25) is 0 Å². The van der Waals surface area contributed by atoms with Crippen LogP contribution in [0.3, 0.4) is 0 Å². The van der Waals surface area contributed by atoms with Crippen LogP contribution in [0.15, 0.2) is 0 Å². The number of rotatable bonds is 0. The highest BCUT2D eigenvalue weighted by molar-refractivity contribution is 7.35. The Kier molecular flexibility index (Phi) is 5.62. The van der Waals surface area contributed by atoms with E-state index in [1.807, 2.05) is 0 Å². The Labute approximate surface area is 100 Å². The third-order valence-electron chi connectivity index (χ3n) is 3.20. The molecule has 6 heteroatoms. The fraction of sp³-hybridized carbons (Fsp3) is 1.00. The Morgan fingerprint density at radius 2 is 0.875 bits per heavy atom. The molecule has 0 aromatic carbocycles.